The van der Waals surface area contributed by atoms with E-state index in [0.29, 0.717) is 22.7 Å². The molecular formula is C22H17N5O5. The van der Waals surface area contributed by atoms with Gasteiger partial charge < -0.3 is 19.4 Å². The van der Waals surface area contributed by atoms with Crippen molar-refractivity contribution in [1.29, 1.82) is 0 Å². The predicted molar refractivity (Wildman–Crippen MR) is 114 cm³/mol. The number of ether oxygens (including phenoxy) is 2. The first-order chi connectivity index (χ1) is 15.6. The molecule has 1 aromatic heterocycles. The second kappa shape index (κ2) is 7.99. The zero-order valence-electron chi connectivity index (χ0n) is 16.7. The van der Waals surface area contributed by atoms with E-state index in [9.17, 15) is 14.4 Å². The number of pyridine rings is 2. The van der Waals surface area contributed by atoms with Crippen LogP contribution >= 0.6 is 0 Å². The molecule has 3 aliphatic rings. The van der Waals surface area contributed by atoms with Gasteiger partial charge in [-0.25, -0.2) is 4.79 Å². The number of fused-ring (bicyclic) bond motifs is 2. The number of hydrogen-bond donors (Lipinski definition) is 1. The maximum Gasteiger partial charge on any atom is 0.352 e. The molecule has 0 saturated heterocycles. The summed E-state index contributed by atoms with van der Waals surface area (Å²) in [4.78, 5) is 46.2. The highest BCUT2D eigenvalue weighted by Crippen LogP contribution is 2.34. The molecule has 2 aromatic rings. The molecule has 5 rings (SSSR count). The first-order valence-electron chi connectivity index (χ1n) is 9.77. The number of nitrogens with one attached hydrogen (secondary N) is 1. The summed E-state index contributed by atoms with van der Waals surface area (Å²) in [6.07, 6.45) is 4.79. The third-order valence-corrected chi connectivity index (χ3v) is 4.98. The Bertz CT molecular complexity index is 1400. The van der Waals surface area contributed by atoms with Gasteiger partial charge in [-0.15, -0.1) is 0 Å². The third-order valence-electron chi connectivity index (χ3n) is 4.98. The van der Waals surface area contributed by atoms with Gasteiger partial charge in [0.25, 0.3) is 5.56 Å². The van der Waals surface area contributed by atoms with Crippen molar-refractivity contribution in [3.05, 3.63) is 87.5 Å². The van der Waals surface area contributed by atoms with Crippen LogP contribution in [0.15, 0.2) is 70.6 Å². The first kappa shape index (κ1) is 19.5. The molecule has 32 heavy (non-hydrogen) atoms. The van der Waals surface area contributed by atoms with Crippen molar-refractivity contribution < 1.29 is 14.3 Å². The van der Waals surface area contributed by atoms with Crippen molar-refractivity contribution in [3.63, 3.8) is 0 Å². The van der Waals surface area contributed by atoms with Crippen LogP contribution < -0.4 is 26.0 Å². The highest BCUT2D eigenvalue weighted by Gasteiger charge is 2.19. The number of nitrogens with zero attached hydrogens (tertiary/aromatic N) is 4. The van der Waals surface area contributed by atoms with Crippen molar-refractivity contribution in [2.75, 3.05) is 12.1 Å². The monoisotopic (exact) mass is 431 g/mol. The summed E-state index contributed by atoms with van der Waals surface area (Å²) in [6.45, 7) is 0.0678. The number of rotatable bonds is 5. The number of carbonyl (C=O) groups excluding carboxylic acids is 1. The molecule has 0 atom stereocenters. The normalized spacial score (nSPS) is 12.1. The van der Waals surface area contributed by atoms with E-state index in [-0.39, 0.29) is 37.2 Å². The minimum Gasteiger partial charge on any atom is -0.454 e. The quantitative estimate of drug-likeness (QED) is 0.506. The smallest absolute Gasteiger partial charge is 0.352 e. The van der Waals surface area contributed by atoms with Crippen LogP contribution in [-0.2, 0) is 17.9 Å². The molecule has 4 heterocycles. The Morgan fingerprint density at radius 3 is 2.81 bits per heavy atom. The van der Waals surface area contributed by atoms with E-state index in [0.717, 1.165) is 4.57 Å². The number of hydrogen-bond acceptors (Lipinski definition) is 7. The molecule has 0 bridgehead atoms. The number of carbonyl (C=O) groups is 1. The van der Waals surface area contributed by atoms with Crippen LogP contribution in [-0.4, -0.2) is 31.8 Å². The zero-order chi connectivity index (χ0) is 22.1. The van der Waals surface area contributed by atoms with E-state index in [1.54, 1.807) is 61.1 Å². The minimum atomic E-state index is -0.692. The van der Waals surface area contributed by atoms with E-state index >= 15 is 0 Å². The lowest BCUT2D eigenvalue weighted by Crippen LogP contribution is -2.38. The second-order valence-corrected chi connectivity index (χ2v) is 7.14. The standard InChI is InChI=1S/C22H17N5O5/c28-19(24-15-5-6-17-18(9-15)32-13-31-17)12-26-8-2-4-16-20(26)25-22(30)27(21(16)29)11-14-3-1-7-23-10-14/h1-10H,11-13H2,(H,24,28). The summed E-state index contributed by atoms with van der Waals surface area (Å²) in [5.41, 5.74) is 0.319. The molecule has 0 unspecified atom stereocenters. The van der Waals surface area contributed by atoms with E-state index in [1.165, 1.54) is 4.57 Å². The summed E-state index contributed by atoms with van der Waals surface area (Å²) >= 11 is 0. The van der Waals surface area contributed by atoms with E-state index in [4.69, 9.17) is 9.47 Å². The number of aromatic nitrogens is 4. The fraction of sp³-hybridized carbons (Fsp3) is 0.136. The van der Waals surface area contributed by atoms with Gasteiger partial charge >= 0.3 is 5.69 Å². The summed E-state index contributed by atoms with van der Waals surface area (Å²) in [7, 11) is 0. The van der Waals surface area contributed by atoms with Gasteiger partial charge in [0, 0.05) is 30.3 Å². The Kier molecular flexibility index (Phi) is 4.86. The van der Waals surface area contributed by atoms with Gasteiger partial charge in [0.15, 0.2) is 17.3 Å². The van der Waals surface area contributed by atoms with E-state index in [1.807, 2.05) is 0 Å². The van der Waals surface area contributed by atoms with Crippen molar-refractivity contribution in [2.45, 2.75) is 13.1 Å². The van der Waals surface area contributed by atoms with Crippen LogP contribution in [0.4, 0.5) is 5.69 Å². The molecule has 0 fully saturated rings. The van der Waals surface area contributed by atoms with Crippen molar-refractivity contribution in [1.82, 2.24) is 19.1 Å². The summed E-state index contributed by atoms with van der Waals surface area (Å²) in [5, 5.41) is 2.77. The number of amides is 1. The second-order valence-electron chi connectivity index (χ2n) is 7.14. The molecule has 1 amide bonds. The SMILES string of the molecule is O=C(Cn1cccc2c(=O)n(Cc3cccnc3)c(=O)nc1-2)Nc1ccc2c(c1)OCO2. The molecular weight excluding hydrogens is 414 g/mol. The fourth-order valence-electron chi connectivity index (χ4n) is 3.49. The van der Waals surface area contributed by atoms with Crippen LogP contribution in [0, 0.1) is 0 Å². The highest BCUT2D eigenvalue weighted by molar-refractivity contribution is 5.91. The molecule has 0 radical (unpaired) electrons. The van der Waals surface area contributed by atoms with E-state index in [2.05, 4.69) is 15.3 Å². The van der Waals surface area contributed by atoms with Crippen molar-refractivity contribution in [3.8, 4) is 22.9 Å². The Labute approximate surface area is 181 Å². The van der Waals surface area contributed by atoms with Gasteiger partial charge in [0.05, 0.1) is 12.1 Å². The molecule has 10 nitrogen and oxygen atoms in total. The largest absolute Gasteiger partial charge is 0.454 e. The van der Waals surface area contributed by atoms with Gasteiger partial charge in [-0.3, -0.25) is 19.1 Å². The molecule has 1 N–H and O–H groups in total. The Morgan fingerprint density at radius 2 is 1.97 bits per heavy atom. The average Bonchev–Trinajstić information content (AvgIpc) is 3.26. The Hall–Kier alpha value is -4.47. The lowest BCUT2D eigenvalue weighted by molar-refractivity contribution is -0.116. The van der Waals surface area contributed by atoms with Crippen LogP contribution in [0.1, 0.15) is 5.56 Å². The predicted octanol–water partition coefficient (Wildman–Crippen LogP) is 1.32. The van der Waals surface area contributed by atoms with Crippen LogP contribution in [0.3, 0.4) is 0 Å². The Balaban J connectivity index is 1.41. The maximum atomic E-state index is 13.0. The van der Waals surface area contributed by atoms with E-state index < -0.39 is 11.2 Å². The maximum absolute atomic E-state index is 13.0. The van der Waals surface area contributed by atoms with Crippen LogP contribution in [0.2, 0.25) is 0 Å². The summed E-state index contributed by atoms with van der Waals surface area (Å²) < 4.78 is 13.1. The topological polar surface area (TPSA) is 117 Å². The van der Waals surface area contributed by atoms with Crippen molar-refractivity contribution in [2.24, 2.45) is 0 Å². The molecule has 0 aliphatic carbocycles. The van der Waals surface area contributed by atoms with Crippen LogP contribution in [0.5, 0.6) is 11.5 Å². The molecule has 0 saturated carbocycles. The van der Waals surface area contributed by atoms with Gasteiger partial charge in [-0.1, -0.05) is 6.07 Å². The molecule has 0 spiro atoms. The average molecular weight is 431 g/mol. The first-order valence-corrected chi connectivity index (χ1v) is 9.77. The summed E-state index contributed by atoms with van der Waals surface area (Å²) in [5.74, 6) is 0.953. The number of anilines is 1. The van der Waals surface area contributed by atoms with Gasteiger partial charge in [-0.05, 0) is 35.9 Å². The molecule has 160 valence electrons. The fourth-order valence-corrected chi connectivity index (χ4v) is 3.49. The third kappa shape index (κ3) is 3.69. The Morgan fingerprint density at radius 1 is 1.09 bits per heavy atom. The number of benzene rings is 1. The molecule has 3 aliphatic heterocycles. The lowest BCUT2D eigenvalue weighted by atomic mass is 10.2. The van der Waals surface area contributed by atoms with Gasteiger partial charge in [0.2, 0.25) is 12.7 Å². The minimum absolute atomic E-state index is 0.0634. The highest BCUT2D eigenvalue weighted by atomic mass is 16.7. The van der Waals surface area contributed by atoms with Gasteiger partial charge in [0.1, 0.15) is 6.54 Å². The molecule has 1 aromatic carbocycles. The summed E-state index contributed by atoms with van der Waals surface area (Å²) in [6, 6.07) is 11.8. The van der Waals surface area contributed by atoms with Crippen LogP contribution in [0.25, 0.3) is 11.4 Å². The van der Waals surface area contributed by atoms with Gasteiger partial charge in [-0.2, -0.15) is 4.98 Å². The molecule has 10 heteroatoms. The lowest BCUT2D eigenvalue weighted by Gasteiger charge is -2.15. The zero-order valence-corrected chi connectivity index (χ0v) is 16.7. The van der Waals surface area contributed by atoms with Crippen molar-refractivity contribution >= 4 is 11.6 Å².